The molecule has 1 amide bonds. The molecule has 0 saturated carbocycles. The number of carbonyl (C=O) groups is 2. The minimum Gasteiger partial charge on any atom is -0.477 e. The molecular formula is C23H20ClN7O11S3. The number of aliphatic carboxylic acids is 1. The van der Waals surface area contributed by atoms with Crippen LogP contribution in [0.4, 0.5) is 22.9 Å². The van der Waals surface area contributed by atoms with Gasteiger partial charge < -0.3 is 10.4 Å². The number of sulfone groups is 1. The van der Waals surface area contributed by atoms with E-state index in [0.717, 1.165) is 42.7 Å². The molecule has 4 rings (SSSR count). The molecule has 45 heavy (non-hydrogen) atoms. The minimum atomic E-state index is -4.95. The lowest BCUT2D eigenvalue weighted by molar-refractivity contribution is -0.130. The van der Waals surface area contributed by atoms with Crippen molar-refractivity contribution in [1.29, 1.82) is 0 Å². The third-order valence-electron chi connectivity index (χ3n) is 5.93. The first kappa shape index (κ1) is 33.5. The summed E-state index contributed by atoms with van der Waals surface area (Å²) in [6.45, 7) is 2.78. The SMILES string of the molecule is Cc1cc(S(=O)(=O)O)ccc1N1N=C(C(=O)O)C(N=Nc2cc(Nc3nc(S(C)(=O)=O)nc(C)c3Cl)ccc2S(=O)(=O)O)C1=O. The lowest BCUT2D eigenvalue weighted by Crippen LogP contribution is -2.33. The van der Waals surface area contributed by atoms with E-state index in [-0.39, 0.29) is 33.5 Å². The maximum absolute atomic E-state index is 13.2. The van der Waals surface area contributed by atoms with Crippen LogP contribution in [0.3, 0.4) is 0 Å². The van der Waals surface area contributed by atoms with Crippen molar-refractivity contribution in [2.75, 3.05) is 16.6 Å². The molecule has 1 unspecified atom stereocenters. The Balaban J connectivity index is 1.75. The zero-order valence-corrected chi connectivity index (χ0v) is 26.1. The van der Waals surface area contributed by atoms with Crippen LogP contribution in [0.25, 0.3) is 0 Å². The van der Waals surface area contributed by atoms with Gasteiger partial charge in [-0.05, 0) is 55.8 Å². The van der Waals surface area contributed by atoms with Gasteiger partial charge in [0.1, 0.15) is 15.6 Å². The molecule has 0 bridgehead atoms. The normalized spacial score (nSPS) is 15.9. The average Bonchev–Trinajstić information content (AvgIpc) is 3.24. The summed E-state index contributed by atoms with van der Waals surface area (Å²) < 4.78 is 89.9. The molecule has 2 heterocycles. The molecule has 2 aromatic carbocycles. The second-order valence-electron chi connectivity index (χ2n) is 9.29. The highest BCUT2D eigenvalue weighted by Crippen LogP contribution is 2.33. The first-order valence-electron chi connectivity index (χ1n) is 12.0. The summed E-state index contributed by atoms with van der Waals surface area (Å²) in [6, 6.07) is 4.18. The Morgan fingerprint density at radius 3 is 2.22 bits per heavy atom. The van der Waals surface area contributed by atoms with Gasteiger partial charge in [0.25, 0.3) is 26.1 Å². The number of carboxylic acids is 1. The summed E-state index contributed by atoms with van der Waals surface area (Å²) in [6.07, 6.45) is 0.870. The predicted octanol–water partition coefficient (Wildman–Crippen LogP) is 2.33. The predicted molar refractivity (Wildman–Crippen MR) is 156 cm³/mol. The Hall–Kier alpha value is -4.41. The second-order valence-corrected chi connectivity index (χ2v) is 14.4. The van der Waals surface area contributed by atoms with Gasteiger partial charge in [-0.3, -0.25) is 13.9 Å². The van der Waals surface area contributed by atoms with E-state index >= 15 is 0 Å². The molecule has 1 aliphatic heterocycles. The van der Waals surface area contributed by atoms with Gasteiger partial charge in [0.15, 0.2) is 11.5 Å². The molecule has 0 spiro atoms. The largest absolute Gasteiger partial charge is 0.477 e. The number of carbonyl (C=O) groups excluding carboxylic acids is 1. The molecule has 1 atom stereocenters. The third kappa shape index (κ3) is 7.13. The molecular weight excluding hydrogens is 682 g/mol. The molecule has 0 saturated heterocycles. The van der Waals surface area contributed by atoms with E-state index in [9.17, 15) is 49.1 Å². The number of aryl methyl sites for hydroxylation is 2. The van der Waals surface area contributed by atoms with E-state index in [1.165, 1.54) is 13.8 Å². The molecule has 0 fully saturated rings. The van der Waals surface area contributed by atoms with E-state index in [4.69, 9.17) is 11.6 Å². The van der Waals surface area contributed by atoms with E-state index < -0.39 is 74.3 Å². The van der Waals surface area contributed by atoms with Gasteiger partial charge in [0.2, 0.25) is 21.0 Å². The Morgan fingerprint density at radius 2 is 1.67 bits per heavy atom. The standard InChI is InChI=1S/C23H20ClN7O11S3/c1-10-8-13(44(37,38)39)5-6-15(10)31-21(32)18(19(30-31)22(33)34)29-28-14-9-12(4-7-16(14)45(40,41)42)26-20-17(24)11(2)25-23(27-20)43(3,35)36/h4-9,18H,1-3H3,(H,33,34)(H,25,26,27)(H,37,38,39)(H,40,41,42). The number of azo groups is 1. The molecule has 0 aliphatic carbocycles. The number of hydrazone groups is 1. The average molecular weight is 702 g/mol. The Morgan fingerprint density at radius 1 is 1.00 bits per heavy atom. The van der Waals surface area contributed by atoms with Crippen molar-refractivity contribution in [3.8, 4) is 0 Å². The summed E-state index contributed by atoms with van der Waals surface area (Å²) in [5.41, 5.74) is -1.28. The molecule has 4 N–H and O–H groups in total. The van der Waals surface area contributed by atoms with Gasteiger partial charge in [-0.25, -0.2) is 18.2 Å². The summed E-state index contributed by atoms with van der Waals surface area (Å²) >= 11 is 6.21. The highest BCUT2D eigenvalue weighted by atomic mass is 35.5. The fourth-order valence-corrected chi connectivity index (χ4v) is 5.70. The van der Waals surface area contributed by atoms with Gasteiger partial charge in [0, 0.05) is 11.9 Å². The summed E-state index contributed by atoms with van der Waals surface area (Å²) in [5.74, 6) is -2.95. The van der Waals surface area contributed by atoms with E-state index in [0.29, 0.717) is 5.01 Å². The van der Waals surface area contributed by atoms with E-state index in [2.05, 4.69) is 30.6 Å². The molecule has 1 aromatic heterocycles. The number of benzene rings is 2. The number of amides is 1. The molecule has 238 valence electrons. The molecule has 0 radical (unpaired) electrons. The van der Waals surface area contributed by atoms with Crippen LogP contribution < -0.4 is 10.3 Å². The van der Waals surface area contributed by atoms with Crippen LogP contribution in [0.1, 0.15) is 11.3 Å². The molecule has 22 heteroatoms. The van der Waals surface area contributed by atoms with Crippen LogP contribution in [-0.4, -0.2) is 79.3 Å². The van der Waals surface area contributed by atoms with Crippen molar-refractivity contribution >= 4 is 82.1 Å². The molecule has 1 aliphatic rings. The van der Waals surface area contributed by atoms with Gasteiger partial charge in [-0.15, -0.1) is 0 Å². The Kier molecular flexibility index (Phi) is 8.80. The lowest BCUT2D eigenvalue weighted by Gasteiger charge is -2.15. The van der Waals surface area contributed by atoms with Crippen molar-refractivity contribution in [1.82, 2.24) is 9.97 Å². The van der Waals surface area contributed by atoms with Crippen LogP contribution in [0.5, 0.6) is 0 Å². The number of anilines is 3. The zero-order valence-electron chi connectivity index (χ0n) is 22.9. The number of hydrogen-bond acceptors (Lipinski definition) is 14. The van der Waals surface area contributed by atoms with Crippen molar-refractivity contribution in [2.24, 2.45) is 15.3 Å². The van der Waals surface area contributed by atoms with Crippen LogP contribution in [-0.2, 0) is 39.7 Å². The van der Waals surface area contributed by atoms with Crippen molar-refractivity contribution in [3.05, 3.63) is 52.7 Å². The molecule has 18 nitrogen and oxygen atoms in total. The zero-order chi connectivity index (χ0) is 33.6. The summed E-state index contributed by atoms with van der Waals surface area (Å²) in [5, 5.41) is 23.5. The highest BCUT2D eigenvalue weighted by molar-refractivity contribution is 7.90. The number of aromatic nitrogens is 2. The van der Waals surface area contributed by atoms with E-state index in [1.54, 1.807) is 0 Å². The molecule has 3 aromatic rings. The first-order valence-corrected chi connectivity index (χ1v) is 17.1. The Labute approximate surface area is 259 Å². The van der Waals surface area contributed by atoms with Gasteiger partial charge in [0.05, 0.1) is 16.3 Å². The lowest BCUT2D eigenvalue weighted by atomic mass is 10.1. The number of hydrogen-bond donors (Lipinski definition) is 4. The van der Waals surface area contributed by atoms with Crippen molar-refractivity contribution < 1.29 is 49.1 Å². The number of halogens is 1. The third-order valence-corrected chi connectivity index (χ3v) is 8.98. The fraction of sp³-hybridized carbons (Fsp3) is 0.174. The van der Waals surface area contributed by atoms with Crippen molar-refractivity contribution in [2.45, 2.75) is 34.8 Å². The number of rotatable bonds is 9. The topological polar surface area (TPSA) is 275 Å². The van der Waals surface area contributed by atoms with Crippen LogP contribution >= 0.6 is 11.6 Å². The van der Waals surface area contributed by atoms with Crippen LogP contribution in [0, 0.1) is 13.8 Å². The maximum atomic E-state index is 13.2. The number of nitrogens with zero attached hydrogens (tertiary/aromatic N) is 6. The van der Waals surface area contributed by atoms with Crippen LogP contribution in [0.2, 0.25) is 5.02 Å². The van der Waals surface area contributed by atoms with Gasteiger partial charge >= 0.3 is 5.97 Å². The highest BCUT2D eigenvalue weighted by Gasteiger charge is 2.41. The van der Waals surface area contributed by atoms with Gasteiger partial charge in [-0.1, -0.05) is 11.6 Å². The number of nitrogens with one attached hydrogen (secondary N) is 1. The monoisotopic (exact) mass is 701 g/mol. The first-order chi connectivity index (χ1) is 20.7. The van der Waals surface area contributed by atoms with Crippen LogP contribution in [0.15, 0.2) is 66.7 Å². The summed E-state index contributed by atoms with van der Waals surface area (Å²) in [4.78, 5) is 31.5. The number of carboxylic acid groups (broad SMARTS) is 1. The Bertz CT molecular complexity index is 2170. The minimum absolute atomic E-state index is 0.00292. The van der Waals surface area contributed by atoms with E-state index in [1.807, 2.05) is 0 Å². The quantitative estimate of drug-likeness (QED) is 0.142. The van der Waals surface area contributed by atoms with Gasteiger partial charge in [-0.2, -0.15) is 42.2 Å². The van der Waals surface area contributed by atoms with Crippen molar-refractivity contribution in [3.63, 3.8) is 0 Å². The summed E-state index contributed by atoms with van der Waals surface area (Å²) in [7, 11) is -13.4. The second kappa shape index (κ2) is 11.8. The smallest absolute Gasteiger partial charge is 0.355 e. The fourth-order valence-electron chi connectivity index (χ4n) is 3.84. The maximum Gasteiger partial charge on any atom is 0.355 e.